The predicted molar refractivity (Wildman–Crippen MR) is 87.8 cm³/mol. The number of imidazole rings is 1. The SMILES string of the molecule is Cc1ccc(-n2c(CCl)nc3cc(Br)ccc32)c(C)c1. The molecule has 0 amide bonds. The highest BCUT2D eigenvalue weighted by molar-refractivity contribution is 9.10. The van der Waals surface area contributed by atoms with Crippen molar-refractivity contribution in [3.05, 3.63) is 57.8 Å². The number of alkyl halides is 1. The first-order chi connectivity index (χ1) is 9.60. The van der Waals surface area contributed by atoms with Crippen LogP contribution in [-0.2, 0) is 5.88 Å². The largest absolute Gasteiger partial charge is 0.295 e. The third-order valence-electron chi connectivity index (χ3n) is 3.40. The lowest BCUT2D eigenvalue weighted by Gasteiger charge is -2.11. The number of hydrogen-bond acceptors (Lipinski definition) is 1. The molecule has 0 saturated carbocycles. The number of aromatic nitrogens is 2. The van der Waals surface area contributed by atoms with E-state index in [0.717, 1.165) is 27.0 Å². The molecule has 0 spiro atoms. The average molecular weight is 350 g/mol. The van der Waals surface area contributed by atoms with Gasteiger partial charge >= 0.3 is 0 Å². The monoisotopic (exact) mass is 348 g/mol. The minimum absolute atomic E-state index is 0.389. The maximum absolute atomic E-state index is 6.08. The van der Waals surface area contributed by atoms with E-state index in [4.69, 9.17) is 11.6 Å². The molecular formula is C16H14BrClN2. The van der Waals surface area contributed by atoms with E-state index >= 15 is 0 Å². The second kappa shape index (κ2) is 5.23. The summed E-state index contributed by atoms with van der Waals surface area (Å²) in [6.07, 6.45) is 0. The molecule has 3 aromatic rings. The number of fused-ring (bicyclic) bond motifs is 1. The van der Waals surface area contributed by atoms with Gasteiger partial charge in [0.25, 0.3) is 0 Å². The standard InChI is InChI=1S/C16H14BrClN2/c1-10-3-5-14(11(2)7-10)20-15-6-4-12(17)8-13(15)19-16(20)9-18/h3-8H,9H2,1-2H3. The summed E-state index contributed by atoms with van der Waals surface area (Å²) in [5, 5.41) is 0. The smallest absolute Gasteiger partial charge is 0.129 e. The molecule has 0 aliphatic carbocycles. The topological polar surface area (TPSA) is 17.8 Å². The Morgan fingerprint density at radius 3 is 2.65 bits per heavy atom. The Labute approximate surface area is 131 Å². The van der Waals surface area contributed by atoms with Gasteiger partial charge in [-0.15, -0.1) is 11.6 Å². The Morgan fingerprint density at radius 2 is 1.95 bits per heavy atom. The van der Waals surface area contributed by atoms with E-state index in [0.29, 0.717) is 5.88 Å². The molecule has 20 heavy (non-hydrogen) atoms. The highest BCUT2D eigenvalue weighted by atomic mass is 79.9. The van der Waals surface area contributed by atoms with E-state index in [9.17, 15) is 0 Å². The minimum atomic E-state index is 0.389. The molecule has 2 nitrogen and oxygen atoms in total. The minimum Gasteiger partial charge on any atom is -0.295 e. The first-order valence-electron chi connectivity index (χ1n) is 6.40. The summed E-state index contributed by atoms with van der Waals surface area (Å²) in [5.41, 5.74) is 5.64. The third kappa shape index (κ3) is 2.25. The van der Waals surface area contributed by atoms with Crippen molar-refractivity contribution in [3.63, 3.8) is 0 Å². The van der Waals surface area contributed by atoms with E-state index in [1.165, 1.54) is 11.1 Å². The van der Waals surface area contributed by atoms with Crippen LogP contribution in [0.15, 0.2) is 40.9 Å². The summed E-state index contributed by atoms with van der Waals surface area (Å²) in [6.45, 7) is 4.22. The van der Waals surface area contributed by atoms with Gasteiger partial charge in [-0.05, 0) is 43.7 Å². The maximum Gasteiger partial charge on any atom is 0.129 e. The summed E-state index contributed by atoms with van der Waals surface area (Å²) in [5.74, 6) is 1.26. The molecule has 3 rings (SSSR count). The summed E-state index contributed by atoms with van der Waals surface area (Å²) in [6, 6.07) is 12.5. The Morgan fingerprint density at radius 1 is 1.15 bits per heavy atom. The lowest BCUT2D eigenvalue weighted by Crippen LogP contribution is -2.01. The van der Waals surface area contributed by atoms with Gasteiger partial charge in [-0.3, -0.25) is 4.57 Å². The number of rotatable bonds is 2. The second-order valence-corrected chi connectivity index (χ2v) is 6.10. The quantitative estimate of drug-likeness (QED) is 0.585. The van der Waals surface area contributed by atoms with Gasteiger partial charge in [-0.2, -0.15) is 0 Å². The van der Waals surface area contributed by atoms with Crippen LogP contribution in [0.2, 0.25) is 0 Å². The molecule has 4 heteroatoms. The van der Waals surface area contributed by atoms with E-state index < -0.39 is 0 Å². The van der Waals surface area contributed by atoms with Crippen molar-refractivity contribution in [2.24, 2.45) is 0 Å². The van der Waals surface area contributed by atoms with Crippen LogP contribution in [0.4, 0.5) is 0 Å². The molecule has 0 saturated heterocycles. The maximum atomic E-state index is 6.08. The van der Waals surface area contributed by atoms with Crippen LogP contribution < -0.4 is 0 Å². The van der Waals surface area contributed by atoms with Crippen molar-refractivity contribution in [1.29, 1.82) is 0 Å². The summed E-state index contributed by atoms with van der Waals surface area (Å²) in [7, 11) is 0. The number of halogens is 2. The molecule has 1 aromatic heterocycles. The molecule has 0 atom stereocenters. The fraction of sp³-hybridized carbons (Fsp3) is 0.188. The number of nitrogens with zero attached hydrogens (tertiary/aromatic N) is 2. The number of hydrogen-bond donors (Lipinski definition) is 0. The van der Waals surface area contributed by atoms with Crippen LogP contribution in [0.3, 0.4) is 0 Å². The van der Waals surface area contributed by atoms with Crippen LogP contribution in [0, 0.1) is 13.8 Å². The molecule has 0 fully saturated rings. The van der Waals surface area contributed by atoms with Gasteiger partial charge < -0.3 is 0 Å². The Bertz CT molecular complexity index is 793. The summed E-state index contributed by atoms with van der Waals surface area (Å²) in [4.78, 5) is 4.63. The Hall–Kier alpha value is -1.32. The van der Waals surface area contributed by atoms with Crippen molar-refractivity contribution in [3.8, 4) is 5.69 Å². The lowest BCUT2D eigenvalue weighted by atomic mass is 10.1. The molecule has 0 unspecified atom stereocenters. The van der Waals surface area contributed by atoms with Crippen LogP contribution in [0.25, 0.3) is 16.7 Å². The average Bonchev–Trinajstić information content (AvgIpc) is 2.76. The summed E-state index contributed by atoms with van der Waals surface area (Å²) >= 11 is 9.57. The second-order valence-electron chi connectivity index (χ2n) is 4.92. The van der Waals surface area contributed by atoms with Crippen LogP contribution in [-0.4, -0.2) is 9.55 Å². The van der Waals surface area contributed by atoms with E-state index in [1.807, 2.05) is 12.1 Å². The molecular weight excluding hydrogens is 336 g/mol. The molecule has 0 aliphatic heterocycles. The van der Waals surface area contributed by atoms with Crippen molar-refractivity contribution in [2.45, 2.75) is 19.7 Å². The van der Waals surface area contributed by atoms with E-state index in [-0.39, 0.29) is 0 Å². The van der Waals surface area contributed by atoms with Crippen LogP contribution in [0.1, 0.15) is 17.0 Å². The first-order valence-corrected chi connectivity index (χ1v) is 7.73. The van der Waals surface area contributed by atoms with Crippen molar-refractivity contribution >= 4 is 38.6 Å². The molecule has 0 radical (unpaired) electrons. The zero-order valence-corrected chi connectivity index (χ0v) is 13.7. The zero-order chi connectivity index (χ0) is 14.3. The molecule has 0 aliphatic rings. The molecule has 0 N–H and O–H groups in total. The normalized spacial score (nSPS) is 11.2. The van der Waals surface area contributed by atoms with Crippen molar-refractivity contribution in [1.82, 2.24) is 9.55 Å². The van der Waals surface area contributed by atoms with Gasteiger partial charge in [-0.1, -0.05) is 33.6 Å². The Balaban J connectivity index is 2.34. The lowest BCUT2D eigenvalue weighted by molar-refractivity contribution is 0.971. The van der Waals surface area contributed by atoms with Crippen molar-refractivity contribution < 1.29 is 0 Å². The van der Waals surface area contributed by atoms with E-state index in [2.05, 4.69) is 63.6 Å². The van der Waals surface area contributed by atoms with Gasteiger partial charge in [-0.25, -0.2) is 4.98 Å². The zero-order valence-electron chi connectivity index (χ0n) is 11.3. The highest BCUT2D eigenvalue weighted by Crippen LogP contribution is 2.27. The van der Waals surface area contributed by atoms with Gasteiger partial charge in [0.1, 0.15) is 5.82 Å². The Kier molecular flexibility index (Phi) is 3.57. The fourth-order valence-corrected chi connectivity index (χ4v) is 3.05. The molecule has 102 valence electrons. The molecule has 2 aromatic carbocycles. The van der Waals surface area contributed by atoms with Crippen LogP contribution in [0.5, 0.6) is 0 Å². The van der Waals surface area contributed by atoms with E-state index in [1.54, 1.807) is 0 Å². The third-order valence-corrected chi connectivity index (χ3v) is 4.13. The van der Waals surface area contributed by atoms with Gasteiger partial charge in [0, 0.05) is 4.47 Å². The van der Waals surface area contributed by atoms with Gasteiger partial charge in [0.2, 0.25) is 0 Å². The first kappa shape index (κ1) is 13.7. The summed E-state index contributed by atoms with van der Waals surface area (Å²) < 4.78 is 3.17. The van der Waals surface area contributed by atoms with Crippen LogP contribution >= 0.6 is 27.5 Å². The van der Waals surface area contributed by atoms with Gasteiger partial charge in [0.15, 0.2) is 0 Å². The highest BCUT2D eigenvalue weighted by Gasteiger charge is 2.13. The number of benzene rings is 2. The number of aryl methyl sites for hydroxylation is 2. The van der Waals surface area contributed by atoms with Crippen molar-refractivity contribution in [2.75, 3.05) is 0 Å². The van der Waals surface area contributed by atoms with Gasteiger partial charge in [0.05, 0.1) is 22.6 Å². The molecule has 0 bridgehead atoms. The fourth-order valence-electron chi connectivity index (χ4n) is 2.52. The molecule has 1 heterocycles. The predicted octanol–water partition coefficient (Wildman–Crippen LogP) is 5.14.